The number of nitrogens with one attached hydrogen (secondary N) is 1. The monoisotopic (exact) mass is 626 g/mol. The molecule has 1 saturated heterocycles. The predicted molar refractivity (Wildman–Crippen MR) is 149 cm³/mol. The van der Waals surface area contributed by atoms with Gasteiger partial charge in [-0.3, -0.25) is 4.79 Å². The van der Waals surface area contributed by atoms with Crippen molar-refractivity contribution < 1.29 is 41.0 Å². The molecule has 1 atom stereocenters. The topological polar surface area (TPSA) is 129 Å². The first-order valence-corrected chi connectivity index (χ1v) is 15.2. The molecular formula is C27H29F3N4O6S2. The number of rotatable bonds is 10. The molecule has 0 radical (unpaired) electrons. The van der Waals surface area contributed by atoms with Gasteiger partial charge in [0.25, 0.3) is 0 Å². The summed E-state index contributed by atoms with van der Waals surface area (Å²) < 4.78 is 69.8. The molecule has 2 aromatic carbocycles. The van der Waals surface area contributed by atoms with E-state index in [2.05, 4.69) is 22.0 Å². The van der Waals surface area contributed by atoms with E-state index in [4.69, 9.17) is 0 Å². The molecule has 0 unspecified atom stereocenters. The predicted octanol–water partition coefficient (Wildman–Crippen LogP) is 4.20. The summed E-state index contributed by atoms with van der Waals surface area (Å²) in [7, 11) is -4.34. The Kier molecular flexibility index (Phi) is 9.43. The number of piperazine rings is 1. The fourth-order valence-corrected chi connectivity index (χ4v) is 7.04. The van der Waals surface area contributed by atoms with Crippen molar-refractivity contribution in [3.05, 3.63) is 70.2 Å². The number of halogens is 3. The number of hydrogen-bond acceptors (Lipinski definition) is 8. The van der Waals surface area contributed by atoms with Crippen molar-refractivity contribution in [1.82, 2.24) is 14.6 Å². The van der Waals surface area contributed by atoms with Gasteiger partial charge in [0.05, 0.1) is 10.6 Å². The first-order chi connectivity index (χ1) is 19.8. The fourth-order valence-electron chi connectivity index (χ4n) is 4.53. The van der Waals surface area contributed by atoms with E-state index in [-0.39, 0.29) is 36.0 Å². The van der Waals surface area contributed by atoms with Crippen molar-refractivity contribution in [2.45, 2.75) is 50.5 Å². The summed E-state index contributed by atoms with van der Waals surface area (Å²) in [6.07, 6.45) is -3.03. The molecule has 10 nitrogen and oxygen atoms in total. The zero-order valence-electron chi connectivity index (χ0n) is 22.7. The van der Waals surface area contributed by atoms with Gasteiger partial charge in [-0.1, -0.05) is 48.9 Å². The van der Waals surface area contributed by atoms with Crippen molar-refractivity contribution >= 4 is 38.4 Å². The van der Waals surface area contributed by atoms with Gasteiger partial charge in [-0.25, -0.2) is 18.2 Å². The molecule has 1 amide bonds. The third-order valence-electron chi connectivity index (χ3n) is 6.58. The van der Waals surface area contributed by atoms with E-state index in [0.29, 0.717) is 10.8 Å². The summed E-state index contributed by atoms with van der Waals surface area (Å²) in [5, 5.41) is 12.5. The SMILES string of the molecule is CCCc1ccc(CNC(=O)[C@H]2CN(c3nc(C)c(C(=O)O)s3)CCN2S(=O)(=O)c2ccc(OC(F)(F)F)cc2)cc1. The summed E-state index contributed by atoms with van der Waals surface area (Å²) in [6, 6.07) is 10.2. The lowest BCUT2D eigenvalue weighted by Gasteiger charge is -2.39. The molecule has 15 heteroatoms. The molecule has 226 valence electrons. The Morgan fingerprint density at radius 1 is 1.10 bits per heavy atom. The Balaban J connectivity index is 1.59. The van der Waals surface area contributed by atoms with Crippen LogP contribution in [0.1, 0.15) is 39.8 Å². The van der Waals surface area contributed by atoms with E-state index >= 15 is 0 Å². The molecule has 0 aliphatic carbocycles. The van der Waals surface area contributed by atoms with Gasteiger partial charge in [0.15, 0.2) is 5.13 Å². The number of hydrogen-bond donors (Lipinski definition) is 2. The number of ether oxygens (including phenoxy) is 1. The highest BCUT2D eigenvalue weighted by atomic mass is 32.2. The van der Waals surface area contributed by atoms with E-state index in [1.54, 1.807) is 11.8 Å². The Labute approximate surface area is 244 Å². The average Bonchev–Trinajstić information content (AvgIpc) is 3.33. The number of nitrogens with zero attached hydrogens (tertiary/aromatic N) is 3. The quantitative estimate of drug-likeness (QED) is 0.343. The number of sulfonamides is 1. The third-order valence-corrected chi connectivity index (χ3v) is 9.70. The lowest BCUT2D eigenvalue weighted by molar-refractivity contribution is -0.274. The molecular weight excluding hydrogens is 597 g/mol. The first-order valence-electron chi connectivity index (χ1n) is 13.0. The molecule has 1 aliphatic heterocycles. The van der Waals surface area contributed by atoms with E-state index < -0.39 is 40.1 Å². The van der Waals surface area contributed by atoms with Gasteiger partial charge in [-0.05, 0) is 48.7 Å². The zero-order valence-corrected chi connectivity index (χ0v) is 24.4. The number of carboxylic acids is 1. The van der Waals surface area contributed by atoms with Gasteiger partial charge in [-0.2, -0.15) is 4.31 Å². The van der Waals surface area contributed by atoms with Crippen LogP contribution in [0.15, 0.2) is 53.4 Å². The van der Waals surface area contributed by atoms with E-state index in [1.165, 1.54) is 0 Å². The van der Waals surface area contributed by atoms with E-state index in [9.17, 15) is 36.3 Å². The number of carboxylic acid groups (broad SMARTS) is 1. The molecule has 1 aliphatic rings. The molecule has 42 heavy (non-hydrogen) atoms. The number of alkyl halides is 3. The Hall–Kier alpha value is -3.69. The molecule has 3 aromatic rings. The second kappa shape index (κ2) is 12.7. The summed E-state index contributed by atoms with van der Waals surface area (Å²) >= 11 is 0.924. The normalized spacial score (nSPS) is 16.3. The summed E-state index contributed by atoms with van der Waals surface area (Å²) in [5.74, 6) is -2.32. The second-order valence-corrected chi connectivity index (χ2v) is 12.5. The number of carbonyl (C=O) groups is 2. The minimum absolute atomic E-state index is 0.0359. The standard InChI is InChI=1S/C27H29F3N4O6S2/c1-3-4-18-5-7-19(8-6-18)15-31-24(35)22-16-33(26-32-17(2)23(41-26)25(36)37)13-14-34(22)42(38,39)21-11-9-20(10-12-21)40-27(28,29)30/h5-12,22H,3-4,13-16H2,1-2H3,(H,31,35)(H,36,37)/t22-/m1/s1. The van der Waals surface area contributed by atoms with E-state index in [1.807, 2.05) is 24.3 Å². The van der Waals surface area contributed by atoms with Crippen molar-refractivity contribution in [2.24, 2.45) is 0 Å². The number of aromatic carboxylic acids is 1. The Bertz CT molecular complexity index is 1530. The maximum atomic E-state index is 13.6. The molecule has 0 bridgehead atoms. The van der Waals surface area contributed by atoms with Gasteiger partial charge in [0.2, 0.25) is 15.9 Å². The third kappa shape index (κ3) is 7.38. The Morgan fingerprint density at radius 3 is 2.31 bits per heavy atom. The van der Waals surface area contributed by atoms with Crippen LogP contribution in [0.4, 0.5) is 18.3 Å². The lowest BCUT2D eigenvalue weighted by atomic mass is 10.1. The highest BCUT2D eigenvalue weighted by Crippen LogP contribution is 2.31. The van der Waals surface area contributed by atoms with Crippen LogP contribution in [0.25, 0.3) is 0 Å². The highest BCUT2D eigenvalue weighted by molar-refractivity contribution is 7.89. The number of thiazole rings is 1. The number of carbonyl (C=O) groups excluding carboxylic acids is 1. The zero-order chi connectivity index (χ0) is 30.7. The number of benzene rings is 2. The summed E-state index contributed by atoms with van der Waals surface area (Å²) in [4.78, 5) is 30.7. The van der Waals surface area contributed by atoms with Gasteiger partial charge in [0, 0.05) is 26.2 Å². The number of aryl methyl sites for hydroxylation is 2. The van der Waals surface area contributed by atoms with Crippen LogP contribution in [0, 0.1) is 6.92 Å². The van der Waals surface area contributed by atoms with Crippen LogP contribution in [0.5, 0.6) is 5.75 Å². The summed E-state index contributed by atoms with van der Waals surface area (Å²) in [6.45, 7) is 3.57. The van der Waals surface area contributed by atoms with Crippen molar-refractivity contribution in [3.8, 4) is 5.75 Å². The number of anilines is 1. The molecule has 1 fully saturated rings. The van der Waals surface area contributed by atoms with Gasteiger partial charge < -0.3 is 20.1 Å². The van der Waals surface area contributed by atoms with Gasteiger partial charge in [-0.15, -0.1) is 13.2 Å². The largest absolute Gasteiger partial charge is 0.573 e. The van der Waals surface area contributed by atoms with Crippen LogP contribution in [-0.4, -0.2) is 66.7 Å². The van der Waals surface area contributed by atoms with Crippen LogP contribution < -0.4 is 15.0 Å². The van der Waals surface area contributed by atoms with Gasteiger partial charge in [0.1, 0.15) is 16.7 Å². The molecule has 4 rings (SSSR count). The molecule has 0 spiro atoms. The highest BCUT2D eigenvalue weighted by Gasteiger charge is 2.41. The molecule has 2 N–H and O–H groups in total. The number of aromatic nitrogens is 1. The smallest absolute Gasteiger partial charge is 0.477 e. The summed E-state index contributed by atoms with van der Waals surface area (Å²) in [5.41, 5.74) is 2.26. The molecule has 0 saturated carbocycles. The maximum Gasteiger partial charge on any atom is 0.573 e. The van der Waals surface area contributed by atoms with Gasteiger partial charge >= 0.3 is 12.3 Å². The number of amides is 1. The maximum absolute atomic E-state index is 13.6. The lowest BCUT2D eigenvalue weighted by Crippen LogP contribution is -2.60. The van der Waals surface area contributed by atoms with Crippen LogP contribution in [0.2, 0.25) is 0 Å². The van der Waals surface area contributed by atoms with Crippen LogP contribution in [0.3, 0.4) is 0 Å². The van der Waals surface area contributed by atoms with E-state index in [0.717, 1.165) is 63.9 Å². The van der Waals surface area contributed by atoms with Crippen LogP contribution >= 0.6 is 11.3 Å². The second-order valence-electron chi connectivity index (χ2n) is 9.60. The molecule has 1 aromatic heterocycles. The van der Waals surface area contributed by atoms with Crippen LogP contribution in [-0.2, 0) is 27.8 Å². The van der Waals surface area contributed by atoms with Crippen molar-refractivity contribution in [2.75, 3.05) is 24.5 Å². The minimum atomic E-state index is -4.94. The minimum Gasteiger partial charge on any atom is -0.477 e. The fraction of sp³-hybridized carbons (Fsp3) is 0.370. The average molecular weight is 627 g/mol. The first kappa shape index (κ1) is 31.3. The van der Waals surface area contributed by atoms with Crippen molar-refractivity contribution in [1.29, 1.82) is 0 Å². The van der Waals surface area contributed by atoms with Crippen molar-refractivity contribution in [3.63, 3.8) is 0 Å². The molecule has 2 heterocycles. The Morgan fingerprint density at radius 2 is 1.74 bits per heavy atom.